The zero-order chi connectivity index (χ0) is 21.1. The van der Waals surface area contributed by atoms with Gasteiger partial charge in [-0.05, 0) is 119 Å². The standard InChI is InChI=1S/C27H46O2/c1-6-24(2,28)14-7-8-19-10-12-22-21-11-9-20-18-25(3,29)16-17-27(20,5)23(21)13-15-26(19,22)4/h9,19,21-23,28-29H,6-8,10-18H2,1-5H3/t19-,21-,22-,23-,24-,25-,26+,27-/m0/s1. The van der Waals surface area contributed by atoms with E-state index in [-0.39, 0.29) is 0 Å². The Morgan fingerprint density at radius 2 is 1.83 bits per heavy atom. The van der Waals surface area contributed by atoms with Crippen LogP contribution in [0, 0.1) is 34.5 Å². The summed E-state index contributed by atoms with van der Waals surface area (Å²) in [6.45, 7) is 11.3. The first-order valence-electron chi connectivity index (χ1n) is 12.7. The minimum atomic E-state index is -0.487. The van der Waals surface area contributed by atoms with Gasteiger partial charge in [-0.3, -0.25) is 0 Å². The van der Waals surface area contributed by atoms with Crippen molar-refractivity contribution < 1.29 is 10.2 Å². The van der Waals surface area contributed by atoms with Crippen LogP contribution in [-0.4, -0.2) is 21.4 Å². The van der Waals surface area contributed by atoms with Crippen molar-refractivity contribution >= 4 is 0 Å². The predicted octanol–water partition coefficient (Wildman–Crippen LogP) is 6.65. The quantitative estimate of drug-likeness (QED) is 0.506. The van der Waals surface area contributed by atoms with Crippen molar-refractivity contribution in [1.82, 2.24) is 0 Å². The highest BCUT2D eigenvalue weighted by atomic mass is 16.3. The fourth-order valence-electron chi connectivity index (χ4n) is 8.29. The van der Waals surface area contributed by atoms with Crippen molar-refractivity contribution in [3.63, 3.8) is 0 Å². The molecule has 0 aromatic rings. The fourth-order valence-corrected chi connectivity index (χ4v) is 8.29. The topological polar surface area (TPSA) is 40.5 Å². The minimum absolute atomic E-state index is 0.338. The van der Waals surface area contributed by atoms with E-state index in [2.05, 4.69) is 26.8 Å². The monoisotopic (exact) mass is 402 g/mol. The Morgan fingerprint density at radius 3 is 2.55 bits per heavy atom. The second kappa shape index (κ2) is 7.37. The molecule has 0 saturated heterocycles. The summed E-state index contributed by atoms with van der Waals surface area (Å²) in [6, 6.07) is 0. The van der Waals surface area contributed by atoms with E-state index in [1.165, 1.54) is 51.4 Å². The van der Waals surface area contributed by atoms with Gasteiger partial charge in [0, 0.05) is 0 Å². The van der Waals surface area contributed by atoms with E-state index in [0.29, 0.717) is 10.8 Å². The third-order valence-electron chi connectivity index (χ3n) is 10.6. The molecule has 8 atom stereocenters. The van der Waals surface area contributed by atoms with Crippen LogP contribution in [-0.2, 0) is 0 Å². The van der Waals surface area contributed by atoms with E-state index in [0.717, 1.165) is 49.4 Å². The van der Waals surface area contributed by atoms with E-state index >= 15 is 0 Å². The Bertz CT molecular complexity index is 647. The van der Waals surface area contributed by atoms with Crippen LogP contribution in [0.3, 0.4) is 0 Å². The van der Waals surface area contributed by atoms with Gasteiger partial charge in [-0.2, -0.15) is 0 Å². The zero-order valence-electron chi connectivity index (χ0n) is 19.8. The molecular weight excluding hydrogens is 356 g/mol. The molecule has 4 aliphatic carbocycles. The van der Waals surface area contributed by atoms with Gasteiger partial charge >= 0.3 is 0 Å². The first-order valence-corrected chi connectivity index (χ1v) is 12.7. The Labute approximate surface area is 179 Å². The minimum Gasteiger partial charge on any atom is -0.390 e. The van der Waals surface area contributed by atoms with Crippen LogP contribution in [0.4, 0.5) is 0 Å². The van der Waals surface area contributed by atoms with Gasteiger partial charge in [-0.25, -0.2) is 0 Å². The summed E-state index contributed by atoms with van der Waals surface area (Å²) in [7, 11) is 0. The number of aliphatic hydroxyl groups is 2. The van der Waals surface area contributed by atoms with Gasteiger partial charge in [0.25, 0.3) is 0 Å². The normalized spacial score (nSPS) is 48.9. The summed E-state index contributed by atoms with van der Waals surface area (Å²) in [5.74, 6) is 3.42. The molecule has 0 heterocycles. The van der Waals surface area contributed by atoms with Gasteiger partial charge in [-0.1, -0.05) is 38.8 Å². The third-order valence-corrected chi connectivity index (χ3v) is 10.6. The molecular formula is C27H46O2. The van der Waals surface area contributed by atoms with Crippen molar-refractivity contribution in [3.05, 3.63) is 11.6 Å². The smallest absolute Gasteiger partial charge is 0.0657 e. The maximum Gasteiger partial charge on any atom is 0.0657 e. The lowest BCUT2D eigenvalue weighted by atomic mass is 9.46. The number of rotatable bonds is 5. The summed E-state index contributed by atoms with van der Waals surface area (Å²) in [6.07, 6.45) is 16.8. The highest BCUT2D eigenvalue weighted by Crippen LogP contribution is 2.67. The average Bonchev–Trinajstić information content (AvgIpc) is 2.99. The molecule has 4 rings (SSSR count). The molecule has 0 aliphatic heterocycles. The van der Waals surface area contributed by atoms with E-state index in [1.807, 2.05) is 13.8 Å². The molecule has 0 bridgehead atoms. The van der Waals surface area contributed by atoms with Gasteiger partial charge in [0.15, 0.2) is 0 Å². The SMILES string of the molecule is CC[C@](C)(O)CCC[C@H]1CC[C@H]2[C@@H]3CC=C4C[C@@](C)(O)CC[C@]4(C)[C@H]3CC[C@]12C. The van der Waals surface area contributed by atoms with Gasteiger partial charge in [-0.15, -0.1) is 0 Å². The average molecular weight is 403 g/mol. The lowest BCUT2D eigenvalue weighted by molar-refractivity contribution is -0.0665. The Kier molecular flexibility index (Phi) is 5.56. The Hall–Kier alpha value is -0.340. The van der Waals surface area contributed by atoms with E-state index in [9.17, 15) is 10.2 Å². The first-order chi connectivity index (χ1) is 13.5. The summed E-state index contributed by atoms with van der Waals surface area (Å²) < 4.78 is 0. The molecule has 0 aromatic carbocycles. The van der Waals surface area contributed by atoms with Crippen LogP contribution in [0.5, 0.6) is 0 Å². The number of hydrogen-bond donors (Lipinski definition) is 2. The number of fused-ring (bicyclic) bond motifs is 5. The molecule has 2 nitrogen and oxygen atoms in total. The predicted molar refractivity (Wildman–Crippen MR) is 121 cm³/mol. The van der Waals surface area contributed by atoms with Crippen LogP contribution < -0.4 is 0 Å². The van der Waals surface area contributed by atoms with Gasteiger partial charge < -0.3 is 10.2 Å². The molecule has 0 spiro atoms. The molecule has 2 heteroatoms. The zero-order valence-corrected chi connectivity index (χ0v) is 19.8. The first kappa shape index (κ1) is 21.9. The molecule has 3 fully saturated rings. The summed E-state index contributed by atoms with van der Waals surface area (Å²) in [5, 5.41) is 21.0. The maximum absolute atomic E-state index is 10.6. The highest BCUT2D eigenvalue weighted by Gasteiger charge is 2.58. The van der Waals surface area contributed by atoms with E-state index < -0.39 is 11.2 Å². The van der Waals surface area contributed by atoms with Gasteiger partial charge in [0.2, 0.25) is 0 Å². The number of allylic oxidation sites excluding steroid dienone is 1. The van der Waals surface area contributed by atoms with Gasteiger partial charge in [0.1, 0.15) is 0 Å². The lowest BCUT2D eigenvalue weighted by Gasteiger charge is -2.59. The molecule has 0 aromatic heterocycles. The largest absolute Gasteiger partial charge is 0.390 e. The van der Waals surface area contributed by atoms with E-state index in [1.54, 1.807) is 5.57 Å². The number of hydrogen-bond acceptors (Lipinski definition) is 2. The molecule has 166 valence electrons. The van der Waals surface area contributed by atoms with Gasteiger partial charge in [0.05, 0.1) is 11.2 Å². The third kappa shape index (κ3) is 3.75. The molecule has 2 N–H and O–H groups in total. The van der Waals surface area contributed by atoms with Crippen LogP contribution in [0.15, 0.2) is 11.6 Å². The molecule has 29 heavy (non-hydrogen) atoms. The van der Waals surface area contributed by atoms with Crippen LogP contribution in [0.25, 0.3) is 0 Å². The summed E-state index contributed by atoms with van der Waals surface area (Å²) in [5.41, 5.74) is 1.47. The van der Waals surface area contributed by atoms with Crippen molar-refractivity contribution in [3.8, 4) is 0 Å². The maximum atomic E-state index is 10.6. The summed E-state index contributed by atoms with van der Waals surface area (Å²) in [4.78, 5) is 0. The highest BCUT2D eigenvalue weighted by molar-refractivity contribution is 5.26. The molecule has 0 unspecified atom stereocenters. The van der Waals surface area contributed by atoms with Crippen LogP contribution in [0.1, 0.15) is 112 Å². The summed E-state index contributed by atoms with van der Waals surface area (Å²) >= 11 is 0. The Balaban J connectivity index is 1.47. The Morgan fingerprint density at radius 1 is 1.07 bits per heavy atom. The second-order valence-corrected chi connectivity index (χ2v) is 12.5. The second-order valence-electron chi connectivity index (χ2n) is 12.5. The van der Waals surface area contributed by atoms with Crippen molar-refractivity contribution in [1.29, 1.82) is 0 Å². The molecule has 0 radical (unpaired) electrons. The molecule has 4 aliphatic rings. The van der Waals surface area contributed by atoms with E-state index in [4.69, 9.17) is 0 Å². The van der Waals surface area contributed by atoms with Crippen LogP contribution >= 0.6 is 0 Å². The van der Waals surface area contributed by atoms with Crippen LogP contribution in [0.2, 0.25) is 0 Å². The van der Waals surface area contributed by atoms with Crippen molar-refractivity contribution in [2.24, 2.45) is 34.5 Å². The fraction of sp³-hybridized carbons (Fsp3) is 0.926. The lowest BCUT2D eigenvalue weighted by Crippen LogP contribution is -2.51. The molecule has 0 amide bonds. The van der Waals surface area contributed by atoms with Crippen molar-refractivity contribution in [2.75, 3.05) is 0 Å². The molecule has 3 saturated carbocycles. The van der Waals surface area contributed by atoms with Crippen molar-refractivity contribution in [2.45, 2.75) is 123 Å².